The number of hydrogen-bond acceptors (Lipinski definition) is 10. The number of aliphatic hydroxyl groups is 3. The lowest BCUT2D eigenvalue weighted by atomic mass is 9.84. The minimum Gasteiger partial charge on any atom is -0.507 e. The molecule has 1 aromatic heterocycles. The van der Waals surface area contributed by atoms with Gasteiger partial charge in [0.2, 0.25) is 0 Å². The predicted molar refractivity (Wildman–Crippen MR) is 122 cm³/mol. The van der Waals surface area contributed by atoms with Crippen LogP contribution in [0.2, 0.25) is 0 Å². The molecule has 4 rings (SSSR count). The fourth-order valence-corrected chi connectivity index (χ4v) is 4.29. The Morgan fingerprint density at radius 1 is 0.944 bits per heavy atom. The van der Waals surface area contributed by atoms with Gasteiger partial charge in [0.05, 0.1) is 16.9 Å². The van der Waals surface area contributed by atoms with E-state index in [-0.39, 0.29) is 16.5 Å². The van der Waals surface area contributed by atoms with Gasteiger partial charge in [-0.1, -0.05) is 42.5 Å². The van der Waals surface area contributed by atoms with Crippen molar-refractivity contribution in [1.82, 2.24) is 0 Å². The molecule has 36 heavy (non-hydrogen) atoms. The number of aliphatic carboxylic acids is 1. The zero-order valence-corrected chi connectivity index (χ0v) is 18.9. The molecule has 0 saturated carbocycles. The van der Waals surface area contributed by atoms with Gasteiger partial charge >= 0.3 is 11.6 Å². The molecule has 11 heteroatoms. The number of ketones is 1. The van der Waals surface area contributed by atoms with Crippen LogP contribution < -0.4 is 5.63 Å². The third-order valence-electron chi connectivity index (χ3n) is 6.09. The molecule has 0 aliphatic carbocycles. The number of carbonyl (C=O) groups is 2. The lowest BCUT2D eigenvalue weighted by molar-refractivity contribution is -0.302. The molecule has 0 unspecified atom stereocenters. The Labute approximate surface area is 203 Å². The number of ether oxygens (including phenoxy) is 2. The second kappa shape index (κ2) is 10.2. The summed E-state index contributed by atoms with van der Waals surface area (Å²) in [4.78, 5) is 37.4. The van der Waals surface area contributed by atoms with Crippen LogP contribution >= 0.6 is 0 Å². The van der Waals surface area contributed by atoms with Crippen molar-refractivity contribution in [2.75, 3.05) is 0 Å². The van der Waals surface area contributed by atoms with Crippen molar-refractivity contribution in [3.05, 3.63) is 76.1 Å². The van der Waals surface area contributed by atoms with E-state index in [2.05, 4.69) is 0 Å². The number of carbonyl (C=O) groups excluding carboxylic acids is 1. The quantitative estimate of drug-likeness (QED) is 0.285. The first-order valence-electron chi connectivity index (χ1n) is 11.0. The predicted octanol–water partition coefficient (Wildman–Crippen LogP) is 0.497. The third kappa shape index (κ3) is 4.62. The first-order chi connectivity index (χ1) is 17.1. The number of benzene rings is 2. The summed E-state index contributed by atoms with van der Waals surface area (Å²) in [5.41, 5.74) is -0.779. The highest BCUT2D eigenvalue weighted by Gasteiger charge is 2.49. The molecular weight excluding hydrogens is 476 g/mol. The van der Waals surface area contributed by atoms with Crippen LogP contribution in [0.5, 0.6) is 5.75 Å². The van der Waals surface area contributed by atoms with Crippen molar-refractivity contribution in [1.29, 1.82) is 0 Å². The fourth-order valence-electron chi connectivity index (χ4n) is 4.29. The summed E-state index contributed by atoms with van der Waals surface area (Å²) in [6.45, 7) is 1.13. The maximum absolute atomic E-state index is 13.1. The van der Waals surface area contributed by atoms with E-state index in [1.807, 2.05) is 0 Å². The molecule has 11 nitrogen and oxygen atoms in total. The lowest BCUT2D eigenvalue weighted by Crippen LogP contribution is -2.61. The smallest absolute Gasteiger partial charge is 0.343 e. The minimum atomic E-state index is -1.97. The summed E-state index contributed by atoms with van der Waals surface area (Å²) < 4.78 is 16.3. The molecule has 0 radical (unpaired) electrons. The minimum absolute atomic E-state index is 0.114. The first kappa shape index (κ1) is 25.5. The van der Waals surface area contributed by atoms with E-state index < -0.39 is 65.9 Å². The van der Waals surface area contributed by atoms with Crippen molar-refractivity contribution >= 4 is 22.7 Å². The Kier molecular flexibility index (Phi) is 7.20. The summed E-state index contributed by atoms with van der Waals surface area (Å²) >= 11 is 0. The van der Waals surface area contributed by atoms with E-state index in [4.69, 9.17) is 13.9 Å². The highest BCUT2D eigenvalue weighted by molar-refractivity contribution is 5.86. The molecule has 2 aromatic carbocycles. The van der Waals surface area contributed by atoms with Gasteiger partial charge in [-0.15, -0.1) is 0 Å². The third-order valence-corrected chi connectivity index (χ3v) is 6.09. The monoisotopic (exact) mass is 500 g/mol. The Morgan fingerprint density at radius 2 is 1.58 bits per heavy atom. The number of rotatable bonds is 7. The van der Waals surface area contributed by atoms with Crippen molar-refractivity contribution < 1.29 is 49.0 Å². The van der Waals surface area contributed by atoms with Gasteiger partial charge in [0.15, 0.2) is 18.2 Å². The summed E-state index contributed by atoms with van der Waals surface area (Å²) in [5.74, 6) is -4.03. The van der Waals surface area contributed by atoms with Gasteiger partial charge in [-0.3, -0.25) is 4.79 Å². The first-order valence-corrected chi connectivity index (χ1v) is 11.0. The van der Waals surface area contributed by atoms with Gasteiger partial charge in [-0.05, 0) is 24.6 Å². The second-order valence-electron chi connectivity index (χ2n) is 8.44. The second-order valence-corrected chi connectivity index (χ2v) is 8.44. The maximum Gasteiger partial charge on any atom is 0.343 e. The number of fused-ring (bicyclic) bond motifs is 1. The zero-order valence-electron chi connectivity index (χ0n) is 18.9. The van der Waals surface area contributed by atoms with Crippen LogP contribution in [-0.4, -0.2) is 74.1 Å². The van der Waals surface area contributed by atoms with Gasteiger partial charge in [-0.25, -0.2) is 9.59 Å². The van der Waals surface area contributed by atoms with Crippen molar-refractivity contribution in [2.45, 2.75) is 49.7 Å². The number of aliphatic hydroxyl groups excluding tert-OH is 3. The Balaban J connectivity index is 1.84. The molecule has 3 aromatic rings. The van der Waals surface area contributed by atoms with Gasteiger partial charge in [0, 0.05) is 0 Å². The number of carboxylic acids is 1. The van der Waals surface area contributed by atoms with Crippen molar-refractivity contribution in [2.24, 2.45) is 0 Å². The summed E-state index contributed by atoms with van der Waals surface area (Å²) in [6, 6.07) is 14.3. The van der Waals surface area contributed by atoms with E-state index in [9.17, 15) is 39.9 Å². The molecule has 5 N–H and O–H groups in total. The van der Waals surface area contributed by atoms with Gasteiger partial charge in [0.1, 0.15) is 35.7 Å². The van der Waals surface area contributed by atoms with E-state index in [0.717, 1.165) is 6.92 Å². The number of para-hydroxylation sites is 1. The SMILES string of the molecule is CC(=O)[C@H](O[C@@H]1O[C@H](C(=O)O)[C@@H](O)[C@H](O)[C@H]1O)[C@@H](c1ccccc1)c1c(O)c2ccccc2oc1=O. The zero-order chi connectivity index (χ0) is 26.1. The van der Waals surface area contributed by atoms with Crippen LogP contribution in [0.15, 0.2) is 63.8 Å². The molecule has 1 fully saturated rings. The summed E-state index contributed by atoms with van der Waals surface area (Å²) in [7, 11) is 0. The Morgan fingerprint density at radius 3 is 2.22 bits per heavy atom. The molecule has 190 valence electrons. The fraction of sp³-hybridized carbons (Fsp3) is 0.320. The molecule has 0 spiro atoms. The molecule has 0 amide bonds. The highest BCUT2D eigenvalue weighted by Crippen LogP contribution is 2.38. The molecule has 0 bridgehead atoms. The van der Waals surface area contributed by atoms with Crippen LogP contribution in [0.4, 0.5) is 0 Å². The van der Waals surface area contributed by atoms with Crippen LogP contribution in [0.1, 0.15) is 24.0 Å². The highest BCUT2D eigenvalue weighted by atomic mass is 16.7. The molecule has 1 aliphatic rings. The van der Waals surface area contributed by atoms with Crippen molar-refractivity contribution in [3.63, 3.8) is 0 Å². The summed E-state index contributed by atoms with van der Waals surface area (Å²) in [6.07, 6.45) is -11.3. The number of carboxylic acid groups (broad SMARTS) is 1. The van der Waals surface area contributed by atoms with Gasteiger partial charge < -0.3 is 39.4 Å². The molecule has 1 saturated heterocycles. The van der Waals surface area contributed by atoms with E-state index >= 15 is 0 Å². The van der Waals surface area contributed by atoms with Crippen LogP contribution in [0.25, 0.3) is 11.0 Å². The van der Waals surface area contributed by atoms with E-state index in [1.54, 1.807) is 42.5 Å². The maximum atomic E-state index is 13.1. The average molecular weight is 500 g/mol. The lowest BCUT2D eigenvalue weighted by Gasteiger charge is -2.40. The molecule has 7 atom stereocenters. The largest absolute Gasteiger partial charge is 0.507 e. The number of aromatic hydroxyl groups is 1. The topological polar surface area (TPSA) is 184 Å². The van der Waals surface area contributed by atoms with Crippen molar-refractivity contribution in [3.8, 4) is 5.75 Å². The average Bonchev–Trinajstić information content (AvgIpc) is 2.85. The summed E-state index contributed by atoms with van der Waals surface area (Å²) in [5, 5.41) is 51.1. The molecule has 2 heterocycles. The Hall–Kier alpha value is -3.61. The number of Topliss-reactive ketones (excluding diaryl/α,β-unsaturated/α-hetero) is 1. The molecule has 1 aliphatic heterocycles. The van der Waals surface area contributed by atoms with Gasteiger partial charge in [-0.2, -0.15) is 0 Å². The van der Waals surface area contributed by atoms with Gasteiger partial charge in [0.25, 0.3) is 0 Å². The molecular formula is C25H24O11. The van der Waals surface area contributed by atoms with Crippen LogP contribution in [0.3, 0.4) is 0 Å². The van der Waals surface area contributed by atoms with Crippen LogP contribution in [-0.2, 0) is 19.1 Å². The normalized spacial score (nSPS) is 25.8. The Bertz CT molecular complexity index is 1320. The van der Waals surface area contributed by atoms with E-state index in [0.29, 0.717) is 5.56 Å². The van der Waals surface area contributed by atoms with Crippen LogP contribution in [0, 0.1) is 0 Å². The standard InChI is InChI=1S/C25H24O11/c1-11(26)21(35-25-20(30)18(28)19(29)22(36-25)23(31)32)15(12-7-3-2-4-8-12)16-17(27)13-9-5-6-10-14(13)34-24(16)33/h2-10,15,18-22,25,27-30H,1H3,(H,31,32)/t15-,18-,19-,20+,21-,22-,25+/m0/s1. The number of hydrogen-bond donors (Lipinski definition) is 5. The van der Waals surface area contributed by atoms with E-state index in [1.165, 1.54) is 12.1 Å².